The summed E-state index contributed by atoms with van der Waals surface area (Å²) in [6.45, 7) is 2.57. The van der Waals surface area contributed by atoms with Crippen LogP contribution in [0.15, 0.2) is 38.3 Å². The molecular formula is C15H14BrClN2O2. The van der Waals surface area contributed by atoms with Crippen molar-refractivity contribution in [2.75, 3.05) is 0 Å². The highest BCUT2D eigenvalue weighted by molar-refractivity contribution is 9.10. The molecule has 2 aromatic rings. The lowest BCUT2D eigenvalue weighted by Gasteiger charge is -2.09. The van der Waals surface area contributed by atoms with Crippen LogP contribution in [0.2, 0.25) is 5.15 Å². The number of aromatic nitrogens is 2. The van der Waals surface area contributed by atoms with Gasteiger partial charge in [0.2, 0.25) is 0 Å². The Hall–Kier alpha value is -1.33. The SMILES string of the molecule is CC1CC1Cn1c(=O)[nH]c(Cl)c(-c2cccc(Br)c2)c1=O. The van der Waals surface area contributed by atoms with E-state index in [4.69, 9.17) is 11.6 Å². The maximum atomic E-state index is 12.6. The summed E-state index contributed by atoms with van der Waals surface area (Å²) < 4.78 is 2.11. The summed E-state index contributed by atoms with van der Waals surface area (Å²) in [5.41, 5.74) is 0.253. The predicted octanol–water partition coefficient (Wildman–Crippen LogP) is 3.28. The molecule has 1 fully saturated rings. The second-order valence-electron chi connectivity index (χ2n) is 5.52. The number of hydrogen-bond acceptors (Lipinski definition) is 2. The minimum atomic E-state index is -0.442. The highest BCUT2D eigenvalue weighted by atomic mass is 79.9. The van der Waals surface area contributed by atoms with Crippen LogP contribution in [0.25, 0.3) is 11.1 Å². The number of rotatable bonds is 3. The largest absolute Gasteiger partial charge is 0.329 e. The minimum Gasteiger partial charge on any atom is -0.297 e. The predicted molar refractivity (Wildman–Crippen MR) is 86.7 cm³/mol. The van der Waals surface area contributed by atoms with E-state index in [0.29, 0.717) is 29.5 Å². The third kappa shape index (κ3) is 2.85. The molecule has 4 nitrogen and oxygen atoms in total. The Balaban J connectivity index is 2.14. The van der Waals surface area contributed by atoms with E-state index in [1.54, 1.807) is 6.07 Å². The molecule has 1 aliphatic rings. The molecule has 0 amide bonds. The minimum absolute atomic E-state index is 0.0863. The fourth-order valence-electron chi connectivity index (χ4n) is 2.49. The zero-order valence-electron chi connectivity index (χ0n) is 11.4. The van der Waals surface area contributed by atoms with Gasteiger partial charge in [0.25, 0.3) is 5.56 Å². The van der Waals surface area contributed by atoms with Crippen molar-refractivity contribution in [2.45, 2.75) is 19.9 Å². The van der Waals surface area contributed by atoms with Crippen LogP contribution in [-0.2, 0) is 6.54 Å². The van der Waals surface area contributed by atoms with Gasteiger partial charge in [-0.3, -0.25) is 14.3 Å². The zero-order valence-corrected chi connectivity index (χ0v) is 13.7. The van der Waals surface area contributed by atoms with E-state index >= 15 is 0 Å². The molecule has 1 aromatic heterocycles. The number of halogens is 2. The lowest BCUT2D eigenvalue weighted by atomic mass is 10.1. The molecule has 0 spiro atoms. The number of nitrogens with zero attached hydrogens (tertiary/aromatic N) is 1. The van der Waals surface area contributed by atoms with Gasteiger partial charge >= 0.3 is 5.69 Å². The van der Waals surface area contributed by atoms with Crippen LogP contribution in [0.3, 0.4) is 0 Å². The van der Waals surface area contributed by atoms with E-state index in [-0.39, 0.29) is 10.7 Å². The van der Waals surface area contributed by atoms with Gasteiger partial charge in [0.1, 0.15) is 5.15 Å². The van der Waals surface area contributed by atoms with Crippen molar-refractivity contribution >= 4 is 27.5 Å². The molecule has 1 heterocycles. The maximum Gasteiger partial charge on any atom is 0.329 e. The third-order valence-electron chi connectivity index (χ3n) is 3.95. The first-order valence-corrected chi connectivity index (χ1v) is 7.93. The molecule has 0 radical (unpaired) electrons. The molecule has 0 bridgehead atoms. The van der Waals surface area contributed by atoms with Gasteiger partial charge in [-0.25, -0.2) is 4.79 Å². The van der Waals surface area contributed by atoms with E-state index in [1.165, 1.54) is 4.57 Å². The molecule has 6 heteroatoms. The van der Waals surface area contributed by atoms with E-state index < -0.39 is 5.69 Å². The summed E-state index contributed by atoms with van der Waals surface area (Å²) in [5.74, 6) is 0.974. The molecule has 3 rings (SSSR count). The van der Waals surface area contributed by atoms with Crippen molar-refractivity contribution < 1.29 is 0 Å². The van der Waals surface area contributed by atoms with Crippen LogP contribution < -0.4 is 11.2 Å². The summed E-state index contributed by atoms with van der Waals surface area (Å²) in [7, 11) is 0. The van der Waals surface area contributed by atoms with Crippen LogP contribution in [0, 0.1) is 11.8 Å². The van der Waals surface area contributed by atoms with Crippen LogP contribution in [0.5, 0.6) is 0 Å². The fourth-order valence-corrected chi connectivity index (χ4v) is 3.16. The van der Waals surface area contributed by atoms with Crippen molar-refractivity contribution in [1.29, 1.82) is 0 Å². The van der Waals surface area contributed by atoms with E-state index in [1.807, 2.05) is 18.2 Å². The average molecular weight is 370 g/mol. The molecule has 1 aliphatic carbocycles. The highest BCUT2D eigenvalue weighted by Crippen LogP contribution is 2.38. The summed E-state index contributed by atoms with van der Waals surface area (Å²) in [4.78, 5) is 27.2. The number of nitrogens with one attached hydrogen (secondary N) is 1. The number of aromatic amines is 1. The Kier molecular flexibility index (Phi) is 3.80. The topological polar surface area (TPSA) is 54.9 Å². The Labute approximate surface area is 134 Å². The Morgan fingerprint density at radius 2 is 2.14 bits per heavy atom. The second-order valence-corrected chi connectivity index (χ2v) is 6.81. The molecule has 110 valence electrons. The Morgan fingerprint density at radius 1 is 1.43 bits per heavy atom. The van der Waals surface area contributed by atoms with Gasteiger partial charge < -0.3 is 0 Å². The molecule has 1 aromatic carbocycles. The normalized spacial score (nSPS) is 20.5. The van der Waals surface area contributed by atoms with Crippen molar-refractivity contribution in [1.82, 2.24) is 9.55 Å². The summed E-state index contributed by atoms with van der Waals surface area (Å²) in [5, 5.41) is 0.0863. The van der Waals surface area contributed by atoms with Crippen molar-refractivity contribution in [3.05, 3.63) is 54.7 Å². The molecule has 0 aliphatic heterocycles. The fraction of sp³-hybridized carbons (Fsp3) is 0.333. The van der Waals surface area contributed by atoms with E-state index in [0.717, 1.165) is 10.9 Å². The van der Waals surface area contributed by atoms with Gasteiger partial charge in [-0.2, -0.15) is 0 Å². The van der Waals surface area contributed by atoms with Gasteiger partial charge in [-0.15, -0.1) is 0 Å². The second kappa shape index (κ2) is 5.46. The first-order valence-electron chi connectivity index (χ1n) is 6.76. The van der Waals surface area contributed by atoms with Crippen LogP contribution in [-0.4, -0.2) is 9.55 Å². The molecule has 21 heavy (non-hydrogen) atoms. The molecular weight excluding hydrogens is 356 g/mol. The standard InChI is InChI=1S/C15H14BrClN2O2/c1-8-5-10(8)7-19-14(20)12(13(17)18-15(19)21)9-3-2-4-11(16)6-9/h2-4,6,8,10H,5,7H2,1H3,(H,18,21). The lowest BCUT2D eigenvalue weighted by Crippen LogP contribution is -2.36. The summed E-state index contributed by atoms with van der Waals surface area (Å²) in [6, 6.07) is 7.31. The first kappa shape index (κ1) is 14.6. The maximum absolute atomic E-state index is 12.6. The van der Waals surface area contributed by atoms with Gasteiger partial charge in [-0.1, -0.05) is 46.6 Å². The number of H-pyrrole nitrogens is 1. The van der Waals surface area contributed by atoms with Gasteiger partial charge in [0.15, 0.2) is 0 Å². The van der Waals surface area contributed by atoms with Crippen LogP contribution >= 0.6 is 27.5 Å². The first-order chi connectivity index (χ1) is 9.97. The quantitative estimate of drug-likeness (QED) is 0.844. The van der Waals surface area contributed by atoms with Crippen molar-refractivity contribution in [2.24, 2.45) is 11.8 Å². The monoisotopic (exact) mass is 368 g/mol. The van der Waals surface area contributed by atoms with Crippen LogP contribution in [0.4, 0.5) is 0 Å². The zero-order chi connectivity index (χ0) is 15.1. The van der Waals surface area contributed by atoms with E-state index in [9.17, 15) is 9.59 Å². The smallest absolute Gasteiger partial charge is 0.297 e. The molecule has 1 N–H and O–H groups in total. The molecule has 0 saturated heterocycles. The summed E-state index contributed by atoms with van der Waals surface area (Å²) >= 11 is 9.47. The number of hydrogen-bond donors (Lipinski definition) is 1. The van der Waals surface area contributed by atoms with E-state index in [2.05, 4.69) is 27.8 Å². The molecule has 1 saturated carbocycles. The average Bonchev–Trinajstić information content (AvgIpc) is 3.10. The lowest BCUT2D eigenvalue weighted by molar-refractivity contribution is 0.552. The van der Waals surface area contributed by atoms with Gasteiger partial charge in [0.05, 0.1) is 5.56 Å². The van der Waals surface area contributed by atoms with Gasteiger partial charge in [-0.05, 0) is 36.0 Å². The highest BCUT2D eigenvalue weighted by Gasteiger charge is 2.33. The van der Waals surface area contributed by atoms with Crippen LogP contribution in [0.1, 0.15) is 13.3 Å². The number of benzene rings is 1. The van der Waals surface area contributed by atoms with Gasteiger partial charge in [0, 0.05) is 11.0 Å². The van der Waals surface area contributed by atoms with Crippen molar-refractivity contribution in [3.8, 4) is 11.1 Å². The molecule has 2 unspecified atom stereocenters. The molecule has 2 atom stereocenters. The summed E-state index contributed by atoms with van der Waals surface area (Å²) in [6.07, 6.45) is 1.06. The third-order valence-corrected chi connectivity index (χ3v) is 4.72. The van der Waals surface area contributed by atoms with Crippen molar-refractivity contribution in [3.63, 3.8) is 0 Å². The Morgan fingerprint density at radius 3 is 2.76 bits per heavy atom. The Bertz CT molecular complexity index is 812.